The molecule has 2 fully saturated rings. The van der Waals surface area contributed by atoms with E-state index in [1.165, 1.54) is 19.3 Å². The molecule has 0 spiro atoms. The third kappa shape index (κ3) is 2.16. The molecule has 0 saturated carbocycles. The Balaban J connectivity index is 1.75. The maximum absolute atomic E-state index is 6.20. The van der Waals surface area contributed by atoms with Gasteiger partial charge in [-0.05, 0) is 54.7 Å². The first-order valence-corrected chi connectivity index (χ1v) is 8.43. The van der Waals surface area contributed by atoms with Crippen molar-refractivity contribution in [2.24, 2.45) is 0 Å². The highest BCUT2D eigenvalue weighted by Gasteiger charge is 2.37. The fourth-order valence-electron chi connectivity index (χ4n) is 4.13. The minimum atomic E-state index is 0.426. The summed E-state index contributed by atoms with van der Waals surface area (Å²) >= 11 is 3.45. The molecule has 0 aliphatic carbocycles. The van der Waals surface area contributed by atoms with Gasteiger partial charge in [0, 0.05) is 28.8 Å². The van der Waals surface area contributed by atoms with Gasteiger partial charge in [-0.1, -0.05) is 6.42 Å². The number of nitrogen functional groups attached to an aromatic ring is 1. The molecule has 2 aliphatic heterocycles. The van der Waals surface area contributed by atoms with E-state index in [-0.39, 0.29) is 0 Å². The Bertz CT molecular complexity index is 668. The molecule has 2 atom stereocenters. The molecular weight excluding hydrogens is 330 g/mol. The number of piperidine rings is 2. The van der Waals surface area contributed by atoms with Crippen molar-refractivity contribution in [3.63, 3.8) is 0 Å². The van der Waals surface area contributed by atoms with Crippen LogP contribution >= 0.6 is 15.9 Å². The van der Waals surface area contributed by atoms with Crippen molar-refractivity contribution >= 4 is 33.0 Å². The van der Waals surface area contributed by atoms with Gasteiger partial charge in [-0.15, -0.1) is 0 Å². The molecule has 2 aromatic heterocycles. The maximum Gasteiger partial charge on any atom is 0.202 e. The van der Waals surface area contributed by atoms with Gasteiger partial charge < -0.3 is 10.6 Å². The lowest BCUT2D eigenvalue weighted by Gasteiger charge is -2.47. The van der Waals surface area contributed by atoms with Crippen LogP contribution in [-0.4, -0.2) is 38.6 Å². The Labute approximate surface area is 132 Å². The summed E-state index contributed by atoms with van der Waals surface area (Å²) < 4.78 is 3.11. The number of aromatic nitrogens is 3. The molecule has 2 bridgehead atoms. The minimum absolute atomic E-state index is 0.426. The summed E-state index contributed by atoms with van der Waals surface area (Å²) in [6.45, 7) is 0. The van der Waals surface area contributed by atoms with Gasteiger partial charge >= 0.3 is 0 Å². The van der Waals surface area contributed by atoms with E-state index in [1.807, 2.05) is 12.3 Å². The van der Waals surface area contributed by atoms with Crippen LogP contribution in [0.3, 0.4) is 0 Å². The summed E-state index contributed by atoms with van der Waals surface area (Å²) in [6.07, 6.45) is 8.10. The summed E-state index contributed by atoms with van der Waals surface area (Å²) in [5.74, 6) is 0.600. The van der Waals surface area contributed by atoms with Crippen LogP contribution in [0.5, 0.6) is 0 Å². The second kappa shape index (κ2) is 4.95. The van der Waals surface area contributed by atoms with Gasteiger partial charge in [0.15, 0.2) is 5.65 Å². The second-order valence-electron chi connectivity index (χ2n) is 6.37. The molecule has 2 unspecified atom stereocenters. The lowest BCUT2D eigenvalue weighted by molar-refractivity contribution is 0.0414. The minimum Gasteiger partial charge on any atom is -0.369 e. The van der Waals surface area contributed by atoms with Crippen LogP contribution in [0, 0.1) is 0 Å². The summed E-state index contributed by atoms with van der Waals surface area (Å²) in [5.41, 5.74) is 8.00. The molecule has 112 valence electrons. The van der Waals surface area contributed by atoms with E-state index in [4.69, 9.17) is 5.73 Å². The number of fused-ring (bicyclic) bond motifs is 3. The number of nitrogens with zero attached hydrogens (tertiary/aromatic N) is 4. The first-order chi connectivity index (χ1) is 10.1. The highest BCUT2D eigenvalue weighted by atomic mass is 79.9. The Hall–Kier alpha value is -1.14. The average molecular weight is 350 g/mol. The lowest BCUT2D eigenvalue weighted by atomic mass is 9.82. The third-order valence-electron chi connectivity index (χ3n) is 5.20. The molecular formula is C15H20BrN5. The quantitative estimate of drug-likeness (QED) is 0.859. The molecule has 0 radical (unpaired) electrons. The number of imidazole rings is 1. The number of nitrogens with two attached hydrogens (primary N) is 1. The molecule has 5 nitrogen and oxygen atoms in total. The molecule has 2 aromatic rings. The number of hydrogen-bond donors (Lipinski definition) is 1. The van der Waals surface area contributed by atoms with Crippen molar-refractivity contribution in [3.8, 4) is 0 Å². The highest BCUT2D eigenvalue weighted by Crippen LogP contribution is 2.40. The molecule has 2 aliphatic rings. The second-order valence-corrected chi connectivity index (χ2v) is 7.28. The molecule has 21 heavy (non-hydrogen) atoms. The Morgan fingerprint density at radius 1 is 1.24 bits per heavy atom. The standard InChI is InChI=1S/C15H20BrN5/c1-20-10-3-2-4-11(20)7-12(6-10)21-14-13(19-15(21)17)5-9(16)8-18-14/h5,8,10-12H,2-4,6-7H2,1H3,(H2,17,19). The van der Waals surface area contributed by atoms with Crippen LogP contribution in [0.25, 0.3) is 11.2 Å². The fourth-order valence-corrected chi connectivity index (χ4v) is 4.45. The predicted octanol–water partition coefficient (Wildman–Crippen LogP) is 2.96. The number of pyridine rings is 1. The van der Waals surface area contributed by atoms with Crippen molar-refractivity contribution in [2.75, 3.05) is 12.8 Å². The zero-order valence-corrected chi connectivity index (χ0v) is 13.8. The number of rotatable bonds is 1. The van der Waals surface area contributed by atoms with Crippen molar-refractivity contribution in [1.82, 2.24) is 19.4 Å². The number of hydrogen-bond acceptors (Lipinski definition) is 4. The topological polar surface area (TPSA) is 60.0 Å². The van der Waals surface area contributed by atoms with Crippen molar-refractivity contribution in [3.05, 3.63) is 16.7 Å². The summed E-state index contributed by atoms with van der Waals surface area (Å²) in [4.78, 5) is 11.6. The van der Waals surface area contributed by atoms with Crippen LogP contribution in [0.4, 0.5) is 5.95 Å². The summed E-state index contributed by atoms with van der Waals surface area (Å²) in [7, 11) is 2.27. The first-order valence-electron chi connectivity index (χ1n) is 7.64. The van der Waals surface area contributed by atoms with Crippen molar-refractivity contribution in [2.45, 2.75) is 50.2 Å². The van der Waals surface area contributed by atoms with E-state index >= 15 is 0 Å². The largest absolute Gasteiger partial charge is 0.369 e. The van der Waals surface area contributed by atoms with Gasteiger partial charge in [-0.3, -0.25) is 4.57 Å². The Morgan fingerprint density at radius 3 is 2.67 bits per heavy atom. The van der Waals surface area contributed by atoms with Crippen molar-refractivity contribution in [1.29, 1.82) is 0 Å². The molecule has 6 heteroatoms. The highest BCUT2D eigenvalue weighted by molar-refractivity contribution is 9.10. The van der Waals surface area contributed by atoms with Crippen LogP contribution in [-0.2, 0) is 0 Å². The van der Waals surface area contributed by atoms with E-state index in [0.717, 1.165) is 28.5 Å². The van der Waals surface area contributed by atoms with Gasteiger partial charge in [-0.25, -0.2) is 9.97 Å². The molecule has 4 heterocycles. The molecule has 0 amide bonds. The Kier molecular flexibility index (Phi) is 3.19. The molecule has 2 saturated heterocycles. The maximum atomic E-state index is 6.20. The van der Waals surface area contributed by atoms with E-state index in [0.29, 0.717) is 24.1 Å². The van der Waals surface area contributed by atoms with Crippen molar-refractivity contribution < 1.29 is 0 Å². The van der Waals surface area contributed by atoms with E-state index in [1.54, 1.807) is 0 Å². The molecule has 4 rings (SSSR count). The van der Waals surface area contributed by atoms with E-state index < -0.39 is 0 Å². The number of halogens is 1. The van der Waals surface area contributed by atoms with Gasteiger partial charge in [0.1, 0.15) is 5.52 Å². The Morgan fingerprint density at radius 2 is 1.95 bits per heavy atom. The van der Waals surface area contributed by atoms with Gasteiger partial charge in [0.25, 0.3) is 0 Å². The lowest BCUT2D eigenvalue weighted by Crippen LogP contribution is -2.50. The normalized spacial score (nSPS) is 29.9. The van der Waals surface area contributed by atoms with Gasteiger partial charge in [0.2, 0.25) is 5.95 Å². The van der Waals surface area contributed by atoms with E-state index in [2.05, 4.69) is 42.4 Å². The zero-order chi connectivity index (χ0) is 14.6. The van der Waals surface area contributed by atoms with Crippen LogP contribution in [0.15, 0.2) is 16.7 Å². The summed E-state index contributed by atoms with van der Waals surface area (Å²) in [5, 5.41) is 0. The summed E-state index contributed by atoms with van der Waals surface area (Å²) in [6, 6.07) is 3.77. The first kappa shape index (κ1) is 13.5. The number of anilines is 1. The fraction of sp³-hybridized carbons (Fsp3) is 0.600. The van der Waals surface area contributed by atoms with Crippen LogP contribution < -0.4 is 5.73 Å². The predicted molar refractivity (Wildman–Crippen MR) is 87.1 cm³/mol. The van der Waals surface area contributed by atoms with E-state index in [9.17, 15) is 0 Å². The zero-order valence-electron chi connectivity index (χ0n) is 12.2. The van der Waals surface area contributed by atoms with Gasteiger partial charge in [0.05, 0.1) is 0 Å². The molecule has 2 N–H and O–H groups in total. The smallest absolute Gasteiger partial charge is 0.202 e. The van der Waals surface area contributed by atoms with Crippen LogP contribution in [0.1, 0.15) is 38.1 Å². The monoisotopic (exact) mass is 349 g/mol. The molecule has 0 aromatic carbocycles. The van der Waals surface area contributed by atoms with Gasteiger partial charge in [-0.2, -0.15) is 0 Å². The van der Waals surface area contributed by atoms with Crippen LogP contribution in [0.2, 0.25) is 0 Å². The SMILES string of the molecule is CN1C2CCCC1CC(n1c(N)nc3cc(Br)cnc31)C2. The third-order valence-corrected chi connectivity index (χ3v) is 5.64. The average Bonchev–Trinajstić information content (AvgIpc) is 2.73.